The summed E-state index contributed by atoms with van der Waals surface area (Å²) in [5.74, 6) is -0.534. The molecule has 2 N–H and O–H groups in total. The summed E-state index contributed by atoms with van der Waals surface area (Å²) in [5, 5.41) is 18.1. The van der Waals surface area contributed by atoms with Crippen LogP contribution < -0.4 is 10.3 Å². The quantitative estimate of drug-likeness (QED) is 0.815. The fourth-order valence-electron chi connectivity index (χ4n) is 2.33. The third-order valence-electron chi connectivity index (χ3n) is 3.41. The summed E-state index contributed by atoms with van der Waals surface area (Å²) in [4.78, 5) is 23.5. The summed E-state index contributed by atoms with van der Waals surface area (Å²) in [5.41, 5.74) is 0.534. The zero-order valence-corrected chi connectivity index (χ0v) is 12.9. The third-order valence-corrected chi connectivity index (χ3v) is 3.41. The molecule has 2 aromatic rings. The second-order valence-electron chi connectivity index (χ2n) is 4.93. The molecule has 0 saturated heterocycles. The summed E-state index contributed by atoms with van der Waals surface area (Å²) in [7, 11) is 0. The largest absolute Gasteiger partial charge is 0.494 e. The predicted molar refractivity (Wildman–Crippen MR) is 86.0 cm³/mol. The Morgan fingerprint density at radius 2 is 1.87 bits per heavy atom. The number of nitrogens with zero attached hydrogens (tertiary/aromatic N) is 1. The number of hydrogen-bond donors (Lipinski definition) is 2. The molecule has 0 radical (unpaired) electrons. The first-order chi connectivity index (χ1) is 11.1. The number of aliphatic hydroxyl groups excluding tert-OH is 1. The van der Waals surface area contributed by atoms with Gasteiger partial charge in [-0.25, -0.2) is 4.79 Å². The van der Waals surface area contributed by atoms with Gasteiger partial charge in [0.25, 0.3) is 5.56 Å². The highest BCUT2D eigenvalue weighted by atomic mass is 16.5. The van der Waals surface area contributed by atoms with Crippen molar-refractivity contribution < 1.29 is 19.7 Å². The molecule has 0 bridgehead atoms. The van der Waals surface area contributed by atoms with E-state index in [4.69, 9.17) is 14.9 Å². The normalized spacial score (nSPS) is 10.5. The minimum absolute atomic E-state index is 0.0769. The molecule has 0 fully saturated rings. The van der Waals surface area contributed by atoms with E-state index in [-0.39, 0.29) is 18.7 Å². The third kappa shape index (κ3) is 3.78. The van der Waals surface area contributed by atoms with Crippen molar-refractivity contribution in [3.63, 3.8) is 0 Å². The minimum atomic E-state index is -1.26. The predicted octanol–water partition coefficient (Wildman–Crippen LogP) is 1.99. The number of pyridine rings is 1. The van der Waals surface area contributed by atoms with Crippen molar-refractivity contribution in [1.82, 2.24) is 4.57 Å². The van der Waals surface area contributed by atoms with Gasteiger partial charge in [-0.3, -0.25) is 4.79 Å². The Hall–Kier alpha value is -2.60. The molecule has 0 saturated carbocycles. The van der Waals surface area contributed by atoms with Crippen molar-refractivity contribution in [3.8, 4) is 17.0 Å². The molecule has 0 aliphatic heterocycles. The number of benzene rings is 1. The Bertz CT molecular complexity index is 734. The van der Waals surface area contributed by atoms with Crippen LogP contribution in [0, 0.1) is 0 Å². The Balaban J connectivity index is 2.50. The average molecular weight is 317 g/mol. The van der Waals surface area contributed by atoms with E-state index in [1.165, 1.54) is 10.6 Å². The van der Waals surface area contributed by atoms with Crippen molar-refractivity contribution in [2.45, 2.75) is 19.9 Å². The van der Waals surface area contributed by atoms with E-state index < -0.39 is 11.5 Å². The van der Waals surface area contributed by atoms with Gasteiger partial charge in [-0.2, -0.15) is 0 Å². The van der Waals surface area contributed by atoms with Crippen LogP contribution in [0.1, 0.15) is 23.7 Å². The minimum Gasteiger partial charge on any atom is -0.494 e. The molecular weight excluding hydrogens is 298 g/mol. The molecule has 6 heteroatoms. The maximum atomic E-state index is 12.4. The smallest absolute Gasteiger partial charge is 0.341 e. The second-order valence-corrected chi connectivity index (χ2v) is 4.93. The van der Waals surface area contributed by atoms with Crippen molar-refractivity contribution in [1.29, 1.82) is 0 Å². The Morgan fingerprint density at radius 3 is 2.43 bits per heavy atom. The number of aromatic carboxylic acids is 1. The van der Waals surface area contributed by atoms with Gasteiger partial charge in [0.15, 0.2) is 0 Å². The van der Waals surface area contributed by atoms with Gasteiger partial charge in [0.2, 0.25) is 0 Å². The Labute approximate surface area is 133 Å². The second kappa shape index (κ2) is 7.60. The number of carboxylic acid groups (broad SMARTS) is 1. The first kappa shape index (κ1) is 16.8. The van der Waals surface area contributed by atoms with Gasteiger partial charge in [-0.15, -0.1) is 0 Å². The van der Waals surface area contributed by atoms with Gasteiger partial charge in [0.05, 0.1) is 12.3 Å². The molecule has 0 unspecified atom stereocenters. The summed E-state index contributed by atoms with van der Waals surface area (Å²) in [6.45, 7) is 2.63. The summed E-state index contributed by atoms with van der Waals surface area (Å²) in [6, 6.07) is 10.1. The van der Waals surface area contributed by atoms with Gasteiger partial charge in [-0.1, -0.05) is 0 Å². The summed E-state index contributed by atoms with van der Waals surface area (Å²) >= 11 is 0. The van der Waals surface area contributed by atoms with Crippen molar-refractivity contribution in [2.24, 2.45) is 0 Å². The lowest BCUT2D eigenvalue weighted by atomic mass is 10.1. The lowest BCUT2D eigenvalue weighted by Crippen LogP contribution is -2.27. The molecule has 0 spiro atoms. The molecule has 0 amide bonds. The summed E-state index contributed by atoms with van der Waals surface area (Å²) < 4.78 is 6.77. The number of rotatable bonds is 7. The van der Waals surface area contributed by atoms with E-state index in [1.807, 2.05) is 19.1 Å². The van der Waals surface area contributed by atoms with Crippen LogP contribution in [0.5, 0.6) is 5.75 Å². The van der Waals surface area contributed by atoms with Crippen LogP contribution in [-0.4, -0.2) is 34.0 Å². The summed E-state index contributed by atoms with van der Waals surface area (Å²) in [6.07, 6.45) is 0.368. The van der Waals surface area contributed by atoms with E-state index in [0.717, 1.165) is 11.3 Å². The highest BCUT2D eigenvalue weighted by molar-refractivity contribution is 5.87. The first-order valence-corrected chi connectivity index (χ1v) is 7.39. The lowest BCUT2D eigenvalue weighted by Gasteiger charge is -2.14. The SMILES string of the molecule is CCOc1ccc(-c2ccc(C(=O)O)c(=O)n2CCCO)cc1. The molecule has 23 heavy (non-hydrogen) atoms. The van der Waals surface area contributed by atoms with Crippen LogP contribution in [0.4, 0.5) is 0 Å². The topological polar surface area (TPSA) is 88.8 Å². The van der Waals surface area contributed by atoms with Crippen LogP contribution in [0.3, 0.4) is 0 Å². The van der Waals surface area contributed by atoms with Gasteiger partial charge < -0.3 is 19.5 Å². The van der Waals surface area contributed by atoms with Gasteiger partial charge in [-0.05, 0) is 55.3 Å². The molecule has 1 heterocycles. The Morgan fingerprint density at radius 1 is 1.17 bits per heavy atom. The van der Waals surface area contributed by atoms with Gasteiger partial charge in [0.1, 0.15) is 11.3 Å². The molecule has 0 atom stereocenters. The molecule has 2 rings (SSSR count). The van der Waals surface area contributed by atoms with E-state index in [0.29, 0.717) is 18.7 Å². The Kier molecular flexibility index (Phi) is 5.54. The molecular formula is C17H19NO5. The van der Waals surface area contributed by atoms with Gasteiger partial charge >= 0.3 is 5.97 Å². The fourth-order valence-corrected chi connectivity index (χ4v) is 2.33. The highest BCUT2D eigenvalue weighted by Gasteiger charge is 2.15. The van der Waals surface area contributed by atoms with Crippen LogP contribution >= 0.6 is 0 Å². The number of carbonyl (C=O) groups is 1. The molecule has 6 nitrogen and oxygen atoms in total. The van der Waals surface area contributed by atoms with Crippen molar-refractivity contribution in [3.05, 3.63) is 52.3 Å². The zero-order valence-electron chi connectivity index (χ0n) is 12.9. The van der Waals surface area contributed by atoms with Crippen LogP contribution in [-0.2, 0) is 6.54 Å². The van der Waals surface area contributed by atoms with E-state index in [1.54, 1.807) is 18.2 Å². The standard InChI is InChI=1S/C17H19NO5/c1-2-23-13-6-4-12(5-7-13)15-9-8-14(17(21)22)16(20)18(15)10-3-11-19/h4-9,19H,2-3,10-11H2,1H3,(H,21,22). The van der Waals surface area contributed by atoms with E-state index in [2.05, 4.69) is 0 Å². The molecule has 1 aromatic carbocycles. The van der Waals surface area contributed by atoms with Crippen LogP contribution in [0.25, 0.3) is 11.3 Å². The van der Waals surface area contributed by atoms with Gasteiger partial charge in [0, 0.05) is 13.2 Å². The average Bonchev–Trinajstić information content (AvgIpc) is 2.54. The van der Waals surface area contributed by atoms with Crippen molar-refractivity contribution in [2.75, 3.05) is 13.2 Å². The number of ether oxygens (including phenoxy) is 1. The van der Waals surface area contributed by atoms with Crippen LogP contribution in [0.2, 0.25) is 0 Å². The molecule has 122 valence electrons. The van der Waals surface area contributed by atoms with Crippen molar-refractivity contribution >= 4 is 5.97 Å². The zero-order chi connectivity index (χ0) is 16.8. The van der Waals surface area contributed by atoms with E-state index >= 15 is 0 Å². The monoisotopic (exact) mass is 317 g/mol. The maximum Gasteiger partial charge on any atom is 0.341 e. The molecule has 1 aromatic heterocycles. The van der Waals surface area contributed by atoms with Crippen LogP contribution in [0.15, 0.2) is 41.2 Å². The number of carboxylic acids is 1. The highest BCUT2D eigenvalue weighted by Crippen LogP contribution is 2.22. The first-order valence-electron chi connectivity index (χ1n) is 7.39. The number of aliphatic hydroxyl groups is 1. The fraction of sp³-hybridized carbons (Fsp3) is 0.294. The molecule has 0 aliphatic rings. The maximum absolute atomic E-state index is 12.4. The number of hydrogen-bond acceptors (Lipinski definition) is 4. The molecule has 0 aliphatic carbocycles. The van der Waals surface area contributed by atoms with E-state index in [9.17, 15) is 9.59 Å². The lowest BCUT2D eigenvalue weighted by molar-refractivity contribution is 0.0694. The number of aromatic nitrogens is 1.